The lowest BCUT2D eigenvalue weighted by Gasteiger charge is -2.31. The first kappa shape index (κ1) is 18.0. The molecule has 140 valence electrons. The van der Waals surface area contributed by atoms with Crippen LogP contribution in [0.1, 0.15) is 36.3 Å². The molecule has 5 heteroatoms. The molecule has 1 aliphatic heterocycles. The molecule has 1 aliphatic rings. The number of hydrogen-bond donors (Lipinski definition) is 0. The third kappa shape index (κ3) is 3.98. The molecule has 2 aromatic carbocycles. The topological polar surface area (TPSA) is 42.4 Å². The fraction of sp³-hybridized carbons (Fsp3) is 0.364. The van der Waals surface area contributed by atoms with Gasteiger partial charge in [0, 0.05) is 19.0 Å². The molecule has 0 saturated carbocycles. The molecule has 0 atom stereocenters. The molecule has 0 radical (unpaired) electrons. The number of thiazole rings is 1. The van der Waals surface area contributed by atoms with Gasteiger partial charge in [-0.3, -0.25) is 4.79 Å². The van der Waals surface area contributed by atoms with Gasteiger partial charge >= 0.3 is 0 Å². The van der Waals surface area contributed by atoms with Crippen molar-refractivity contribution in [3.05, 3.63) is 59.1 Å². The molecule has 1 amide bonds. The molecular weight excluding hydrogens is 356 g/mol. The summed E-state index contributed by atoms with van der Waals surface area (Å²) in [5, 5.41) is 1.21. The maximum Gasteiger partial charge on any atom is 0.260 e. The summed E-state index contributed by atoms with van der Waals surface area (Å²) in [6.07, 6.45) is 2.84. The number of fused-ring (bicyclic) bond motifs is 1. The van der Waals surface area contributed by atoms with Crippen molar-refractivity contribution in [2.75, 3.05) is 19.7 Å². The number of aryl methyl sites for hydroxylation is 1. The number of rotatable bonds is 5. The summed E-state index contributed by atoms with van der Waals surface area (Å²) >= 11 is 1.79. The third-order valence-electron chi connectivity index (χ3n) is 5.21. The minimum Gasteiger partial charge on any atom is -0.483 e. The zero-order valence-corrected chi connectivity index (χ0v) is 16.4. The summed E-state index contributed by atoms with van der Waals surface area (Å²) in [6.45, 7) is 3.76. The van der Waals surface area contributed by atoms with Crippen LogP contribution in [0, 0.1) is 0 Å². The van der Waals surface area contributed by atoms with Gasteiger partial charge in [0.1, 0.15) is 5.75 Å². The van der Waals surface area contributed by atoms with Crippen LogP contribution >= 0.6 is 11.3 Å². The van der Waals surface area contributed by atoms with E-state index >= 15 is 0 Å². The molecule has 0 unspecified atom stereocenters. The molecule has 2 heterocycles. The number of amides is 1. The van der Waals surface area contributed by atoms with Crippen molar-refractivity contribution in [2.24, 2.45) is 0 Å². The molecule has 1 fully saturated rings. The van der Waals surface area contributed by atoms with Crippen molar-refractivity contribution < 1.29 is 9.53 Å². The summed E-state index contributed by atoms with van der Waals surface area (Å²) in [4.78, 5) is 19.3. The SMILES string of the molecule is CCc1ccccc1OCC(=O)N1CCC(c2nc3ccccc3s2)CC1. The molecule has 27 heavy (non-hydrogen) atoms. The highest BCUT2D eigenvalue weighted by molar-refractivity contribution is 7.18. The van der Waals surface area contributed by atoms with Crippen LogP contribution in [-0.4, -0.2) is 35.5 Å². The Kier molecular flexibility index (Phi) is 5.39. The maximum absolute atomic E-state index is 12.5. The average molecular weight is 381 g/mol. The van der Waals surface area contributed by atoms with Crippen LogP contribution in [0.25, 0.3) is 10.2 Å². The minimum absolute atomic E-state index is 0.0728. The Balaban J connectivity index is 1.32. The highest BCUT2D eigenvalue weighted by Gasteiger charge is 2.26. The summed E-state index contributed by atoms with van der Waals surface area (Å²) < 4.78 is 7.04. The lowest BCUT2D eigenvalue weighted by Crippen LogP contribution is -2.40. The van der Waals surface area contributed by atoms with Crippen LogP contribution in [-0.2, 0) is 11.2 Å². The Morgan fingerprint density at radius 2 is 1.89 bits per heavy atom. The highest BCUT2D eigenvalue weighted by atomic mass is 32.1. The van der Waals surface area contributed by atoms with E-state index in [1.54, 1.807) is 11.3 Å². The molecule has 1 aromatic heterocycles. The fourth-order valence-corrected chi connectivity index (χ4v) is 4.74. The Hall–Kier alpha value is -2.40. The van der Waals surface area contributed by atoms with Crippen molar-refractivity contribution in [2.45, 2.75) is 32.1 Å². The predicted octanol–water partition coefficient (Wildman–Crippen LogP) is 4.64. The number of aromatic nitrogens is 1. The molecule has 0 aliphatic carbocycles. The van der Waals surface area contributed by atoms with Gasteiger partial charge in [-0.05, 0) is 43.0 Å². The number of hydrogen-bond acceptors (Lipinski definition) is 4. The van der Waals surface area contributed by atoms with Crippen LogP contribution in [0.3, 0.4) is 0 Å². The Morgan fingerprint density at radius 1 is 1.15 bits per heavy atom. The van der Waals surface area contributed by atoms with Gasteiger partial charge in [0.25, 0.3) is 5.91 Å². The molecule has 3 aromatic rings. The van der Waals surface area contributed by atoms with E-state index in [-0.39, 0.29) is 12.5 Å². The van der Waals surface area contributed by atoms with Crippen molar-refractivity contribution in [1.82, 2.24) is 9.88 Å². The van der Waals surface area contributed by atoms with Gasteiger partial charge < -0.3 is 9.64 Å². The van der Waals surface area contributed by atoms with E-state index in [9.17, 15) is 4.79 Å². The maximum atomic E-state index is 12.5. The lowest BCUT2D eigenvalue weighted by molar-refractivity contribution is -0.134. The van der Waals surface area contributed by atoms with Gasteiger partial charge in [-0.2, -0.15) is 0 Å². The molecular formula is C22H24N2O2S. The number of ether oxygens (including phenoxy) is 1. The van der Waals surface area contributed by atoms with E-state index in [0.717, 1.165) is 49.2 Å². The zero-order valence-electron chi connectivity index (χ0n) is 15.6. The first-order chi connectivity index (χ1) is 13.2. The van der Waals surface area contributed by atoms with Crippen molar-refractivity contribution in [1.29, 1.82) is 0 Å². The Morgan fingerprint density at radius 3 is 2.67 bits per heavy atom. The van der Waals surface area contributed by atoms with Gasteiger partial charge in [0.05, 0.1) is 15.2 Å². The van der Waals surface area contributed by atoms with Crippen molar-refractivity contribution in [3.63, 3.8) is 0 Å². The number of carbonyl (C=O) groups excluding carboxylic acids is 1. The molecule has 1 saturated heterocycles. The van der Waals surface area contributed by atoms with Gasteiger partial charge in [-0.1, -0.05) is 37.3 Å². The predicted molar refractivity (Wildman–Crippen MR) is 109 cm³/mol. The minimum atomic E-state index is 0.0728. The molecule has 4 rings (SSSR count). The Bertz CT molecular complexity index is 896. The van der Waals surface area contributed by atoms with Crippen LogP contribution in [0.15, 0.2) is 48.5 Å². The second-order valence-electron chi connectivity index (χ2n) is 6.92. The van der Waals surface area contributed by atoms with E-state index < -0.39 is 0 Å². The number of likely N-dealkylation sites (tertiary alicyclic amines) is 1. The van der Waals surface area contributed by atoms with Gasteiger partial charge in [0.15, 0.2) is 6.61 Å². The van der Waals surface area contributed by atoms with Crippen molar-refractivity contribution in [3.8, 4) is 5.75 Å². The summed E-state index contributed by atoms with van der Waals surface area (Å²) in [7, 11) is 0. The van der Waals surface area contributed by atoms with Gasteiger partial charge in [-0.25, -0.2) is 4.98 Å². The van der Waals surface area contributed by atoms with Crippen LogP contribution < -0.4 is 4.74 Å². The van der Waals surface area contributed by atoms with E-state index in [0.29, 0.717) is 5.92 Å². The number of benzene rings is 2. The molecule has 0 spiro atoms. The van der Waals surface area contributed by atoms with E-state index in [2.05, 4.69) is 25.1 Å². The second-order valence-corrected chi connectivity index (χ2v) is 7.99. The first-order valence-electron chi connectivity index (χ1n) is 9.58. The molecule has 0 N–H and O–H groups in total. The number of piperidine rings is 1. The monoisotopic (exact) mass is 380 g/mol. The third-order valence-corrected chi connectivity index (χ3v) is 6.41. The normalized spacial score (nSPS) is 15.2. The van der Waals surface area contributed by atoms with E-state index in [1.165, 1.54) is 9.71 Å². The second kappa shape index (κ2) is 8.09. The quantitative estimate of drug-likeness (QED) is 0.647. The summed E-state index contributed by atoms with van der Waals surface area (Å²) in [6, 6.07) is 16.2. The van der Waals surface area contributed by atoms with Crippen LogP contribution in [0.4, 0.5) is 0 Å². The lowest BCUT2D eigenvalue weighted by atomic mass is 9.97. The van der Waals surface area contributed by atoms with Gasteiger partial charge in [-0.15, -0.1) is 11.3 Å². The molecule has 0 bridgehead atoms. The molecule has 4 nitrogen and oxygen atoms in total. The van der Waals surface area contributed by atoms with Gasteiger partial charge in [0.2, 0.25) is 0 Å². The number of nitrogens with zero attached hydrogens (tertiary/aromatic N) is 2. The highest BCUT2D eigenvalue weighted by Crippen LogP contribution is 2.33. The zero-order chi connectivity index (χ0) is 18.6. The average Bonchev–Trinajstić information content (AvgIpc) is 3.16. The smallest absolute Gasteiger partial charge is 0.260 e. The standard InChI is InChI=1S/C22H24N2O2S/c1-2-16-7-3-5-9-19(16)26-15-21(25)24-13-11-17(12-14-24)22-23-18-8-4-6-10-20(18)27-22/h3-10,17H,2,11-15H2,1H3. The van der Waals surface area contributed by atoms with E-state index in [1.807, 2.05) is 35.2 Å². The number of para-hydroxylation sites is 2. The summed E-state index contributed by atoms with van der Waals surface area (Å²) in [5.74, 6) is 1.34. The largest absolute Gasteiger partial charge is 0.483 e. The Labute approximate surface area is 163 Å². The summed E-state index contributed by atoms with van der Waals surface area (Å²) in [5.41, 5.74) is 2.22. The van der Waals surface area contributed by atoms with Crippen LogP contribution in [0.5, 0.6) is 5.75 Å². The van der Waals surface area contributed by atoms with E-state index in [4.69, 9.17) is 9.72 Å². The van der Waals surface area contributed by atoms with Crippen LogP contribution in [0.2, 0.25) is 0 Å². The fourth-order valence-electron chi connectivity index (χ4n) is 3.61. The first-order valence-corrected chi connectivity index (χ1v) is 10.4. The van der Waals surface area contributed by atoms with Crippen molar-refractivity contribution >= 4 is 27.5 Å². The number of carbonyl (C=O) groups is 1.